The highest BCUT2D eigenvalue weighted by Crippen LogP contribution is 2.32. The van der Waals surface area contributed by atoms with E-state index in [0.29, 0.717) is 5.92 Å². The van der Waals surface area contributed by atoms with Crippen molar-refractivity contribution < 1.29 is 0 Å². The van der Waals surface area contributed by atoms with Gasteiger partial charge in [-0.3, -0.25) is 0 Å². The SMILES string of the molecule is CCCc1nc(C2CCCCCCC2)nc(NCC)c1Br. The van der Waals surface area contributed by atoms with Crippen LogP contribution in [0.2, 0.25) is 0 Å². The van der Waals surface area contributed by atoms with Gasteiger partial charge in [-0.25, -0.2) is 9.97 Å². The van der Waals surface area contributed by atoms with Gasteiger partial charge in [0, 0.05) is 12.5 Å². The first kappa shape index (κ1) is 16.7. The largest absolute Gasteiger partial charge is 0.369 e. The highest BCUT2D eigenvalue weighted by Gasteiger charge is 2.19. The number of hydrogen-bond donors (Lipinski definition) is 1. The molecule has 0 radical (unpaired) electrons. The summed E-state index contributed by atoms with van der Waals surface area (Å²) in [6.07, 6.45) is 11.4. The molecule has 4 heteroatoms. The van der Waals surface area contributed by atoms with Crippen LogP contribution in [-0.4, -0.2) is 16.5 Å². The van der Waals surface area contributed by atoms with E-state index in [1.54, 1.807) is 0 Å². The van der Waals surface area contributed by atoms with E-state index in [9.17, 15) is 0 Å². The molecule has 2 rings (SSSR count). The maximum atomic E-state index is 4.90. The fourth-order valence-corrected chi connectivity index (χ4v) is 3.61. The summed E-state index contributed by atoms with van der Waals surface area (Å²) in [6, 6.07) is 0. The fraction of sp³-hybridized carbons (Fsp3) is 0.765. The summed E-state index contributed by atoms with van der Waals surface area (Å²) in [5.41, 5.74) is 1.17. The molecule has 0 aliphatic heterocycles. The van der Waals surface area contributed by atoms with Gasteiger partial charge in [-0.2, -0.15) is 0 Å². The second-order valence-electron chi connectivity index (χ2n) is 6.01. The summed E-state index contributed by atoms with van der Waals surface area (Å²) in [6.45, 7) is 5.21. The van der Waals surface area contributed by atoms with Crippen LogP contribution in [0.15, 0.2) is 4.47 Å². The number of anilines is 1. The molecule has 1 saturated carbocycles. The standard InChI is InChI=1S/C17H28BrN3/c1-3-10-14-15(18)17(19-4-2)21-16(20-14)13-11-8-6-5-7-9-12-13/h13H,3-12H2,1-2H3,(H,19,20,21). The van der Waals surface area contributed by atoms with Gasteiger partial charge in [-0.15, -0.1) is 0 Å². The first-order valence-corrected chi connectivity index (χ1v) is 9.35. The molecule has 21 heavy (non-hydrogen) atoms. The molecule has 0 aromatic carbocycles. The van der Waals surface area contributed by atoms with Gasteiger partial charge in [0.25, 0.3) is 0 Å². The molecule has 0 amide bonds. The predicted octanol–water partition coefficient (Wildman–Crippen LogP) is 5.45. The molecule has 1 N–H and O–H groups in total. The lowest BCUT2D eigenvalue weighted by Gasteiger charge is -2.20. The van der Waals surface area contributed by atoms with Gasteiger partial charge >= 0.3 is 0 Å². The number of hydrogen-bond acceptors (Lipinski definition) is 3. The highest BCUT2D eigenvalue weighted by atomic mass is 79.9. The summed E-state index contributed by atoms with van der Waals surface area (Å²) < 4.78 is 1.06. The van der Waals surface area contributed by atoms with E-state index in [-0.39, 0.29) is 0 Å². The molecule has 0 atom stereocenters. The Labute approximate surface area is 137 Å². The molecule has 1 heterocycles. The number of rotatable bonds is 5. The maximum Gasteiger partial charge on any atom is 0.144 e. The molecule has 1 aliphatic carbocycles. The summed E-state index contributed by atoms with van der Waals surface area (Å²) >= 11 is 3.68. The Bertz CT molecular complexity index is 413. The topological polar surface area (TPSA) is 37.8 Å². The third-order valence-electron chi connectivity index (χ3n) is 4.24. The van der Waals surface area contributed by atoms with E-state index in [0.717, 1.165) is 35.5 Å². The first-order chi connectivity index (χ1) is 10.3. The predicted molar refractivity (Wildman–Crippen MR) is 93.0 cm³/mol. The minimum Gasteiger partial charge on any atom is -0.369 e. The summed E-state index contributed by atoms with van der Waals surface area (Å²) in [5, 5.41) is 3.38. The number of halogens is 1. The lowest BCUT2D eigenvalue weighted by atomic mass is 9.90. The average Bonchev–Trinajstić information content (AvgIpc) is 2.43. The Kier molecular flexibility index (Phi) is 6.94. The summed E-state index contributed by atoms with van der Waals surface area (Å²) in [5.74, 6) is 2.60. The summed E-state index contributed by atoms with van der Waals surface area (Å²) in [4.78, 5) is 9.73. The van der Waals surface area contributed by atoms with Crippen LogP contribution < -0.4 is 5.32 Å². The van der Waals surface area contributed by atoms with Gasteiger partial charge in [0.15, 0.2) is 0 Å². The van der Waals surface area contributed by atoms with Crippen molar-refractivity contribution in [2.75, 3.05) is 11.9 Å². The van der Waals surface area contributed by atoms with Crippen molar-refractivity contribution >= 4 is 21.7 Å². The molecular formula is C17H28BrN3. The first-order valence-electron chi connectivity index (χ1n) is 8.56. The normalized spacial score (nSPS) is 17.3. The lowest BCUT2D eigenvalue weighted by molar-refractivity contribution is 0.441. The smallest absolute Gasteiger partial charge is 0.144 e. The van der Waals surface area contributed by atoms with Crippen molar-refractivity contribution in [1.29, 1.82) is 0 Å². The van der Waals surface area contributed by atoms with E-state index in [2.05, 4.69) is 35.1 Å². The molecule has 0 unspecified atom stereocenters. The van der Waals surface area contributed by atoms with Crippen LogP contribution in [0, 0.1) is 0 Å². The third-order valence-corrected chi connectivity index (χ3v) is 5.07. The second-order valence-corrected chi connectivity index (χ2v) is 6.81. The molecule has 1 aliphatic rings. The van der Waals surface area contributed by atoms with Crippen molar-refractivity contribution in [3.05, 3.63) is 16.0 Å². The van der Waals surface area contributed by atoms with Gasteiger partial charge < -0.3 is 5.32 Å². The Morgan fingerprint density at radius 2 is 1.71 bits per heavy atom. The van der Waals surface area contributed by atoms with E-state index in [1.165, 1.54) is 50.6 Å². The monoisotopic (exact) mass is 353 g/mol. The Morgan fingerprint density at radius 3 is 2.33 bits per heavy atom. The van der Waals surface area contributed by atoms with Crippen LogP contribution in [0.5, 0.6) is 0 Å². The zero-order chi connectivity index (χ0) is 15.1. The number of aryl methyl sites for hydroxylation is 1. The lowest BCUT2D eigenvalue weighted by Crippen LogP contribution is -2.12. The Balaban J connectivity index is 2.27. The van der Waals surface area contributed by atoms with Gasteiger partial charge in [-0.1, -0.05) is 45.4 Å². The zero-order valence-electron chi connectivity index (χ0n) is 13.4. The van der Waals surface area contributed by atoms with Crippen LogP contribution in [-0.2, 0) is 6.42 Å². The molecule has 0 spiro atoms. The van der Waals surface area contributed by atoms with Gasteiger partial charge in [0.2, 0.25) is 0 Å². The number of nitrogens with one attached hydrogen (secondary N) is 1. The van der Waals surface area contributed by atoms with E-state index >= 15 is 0 Å². The van der Waals surface area contributed by atoms with Crippen LogP contribution in [0.25, 0.3) is 0 Å². The van der Waals surface area contributed by atoms with Crippen molar-refractivity contribution in [2.45, 2.75) is 77.6 Å². The van der Waals surface area contributed by atoms with E-state index < -0.39 is 0 Å². The molecular weight excluding hydrogens is 326 g/mol. The van der Waals surface area contributed by atoms with E-state index in [1.807, 2.05) is 0 Å². The molecule has 3 nitrogen and oxygen atoms in total. The zero-order valence-corrected chi connectivity index (χ0v) is 15.0. The second kappa shape index (κ2) is 8.72. The molecule has 118 valence electrons. The minimum atomic E-state index is 0.548. The molecule has 1 aromatic rings. The van der Waals surface area contributed by atoms with Crippen molar-refractivity contribution in [2.24, 2.45) is 0 Å². The van der Waals surface area contributed by atoms with Gasteiger partial charge in [0.05, 0.1) is 10.2 Å². The highest BCUT2D eigenvalue weighted by molar-refractivity contribution is 9.10. The fourth-order valence-electron chi connectivity index (χ4n) is 3.10. The van der Waals surface area contributed by atoms with Crippen LogP contribution in [0.4, 0.5) is 5.82 Å². The molecule has 0 saturated heterocycles. The average molecular weight is 354 g/mol. The molecule has 0 bridgehead atoms. The Morgan fingerprint density at radius 1 is 1.05 bits per heavy atom. The van der Waals surface area contributed by atoms with Crippen LogP contribution >= 0.6 is 15.9 Å². The van der Waals surface area contributed by atoms with Crippen molar-refractivity contribution in [1.82, 2.24) is 9.97 Å². The van der Waals surface area contributed by atoms with Gasteiger partial charge in [-0.05, 0) is 42.1 Å². The molecule has 1 fully saturated rings. The summed E-state index contributed by atoms with van der Waals surface area (Å²) in [7, 11) is 0. The maximum absolute atomic E-state index is 4.90. The number of aromatic nitrogens is 2. The van der Waals surface area contributed by atoms with Crippen LogP contribution in [0.3, 0.4) is 0 Å². The van der Waals surface area contributed by atoms with Crippen molar-refractivity contribution in [3.8, 4) is 0 Å². The number of nitrogens with zero attached hydrogens (tertiary/aromatic N) is 2. The van der Waals surface area contributed by atoms with Gasteiger partial charge in [0.1, 0.15) is 11.6 Å². The van der Waals surface area contributed by atoms with Crippen LogP contribution in [0.1, 0.15) is 82.7 Å². The van der Waals surface area contributed by atoms with Crippen molar-refractivity contribution in [3.63, 3.8) is 0 Å². The minimum absolute atomic E-state index is 0.548. The third kappa shape index (κ3) is 4.67. The molecule has 1 aromatic heterocycles. The van der Waals surface area contributed by atoms with E-state index in [4.69, 9.17) is 9.97 Å². The quantitative estimate of drug-likeness (QED) is 0.764. The Hall–Kier alpha value is -0.640.